The zero-order valence-corrected chi connectivity index (χ0v) is 23.5. The van der Waals surface area contributed by atoms with Crippen LogP contribution in [0.4, 0.5) is 0 Å². The molecule has 0 aliphatic carbocycles. The van der Waals surface area contributed by atoms with Gasteiger partial charge in [-0.05, 0) is 35.3 Å². The fraction of sp³-hybridized carbons (Fsp3) is 0.533. The Morgan fingerprint density at radius 2 is 1.84 bits per heavy atom. The maximum atomic E-state index is 13.8. The number of carbonyl (C=O) groups is 2. The fourth-order valence-electron chi connectivity index (χ4n) is 5.21. The zero-order chi connectivity index (χ0) is 27.8. The summed E-state index contributed by atoms with van der Waals surface area (Å²) in [5, 5.41) is 15.0. The molecule has 1 aliphatic rings. The van der Waals surface area contributed by atoms with Crippen molar-refractivity contribution in [1.82, 2.24) is 19.7 Å². The lowest BCUT2D eigenvalue weighted by Crippen LogP contribution is -2.45. The lowest BCUT2D eigenvalue weighted by Gasteiger charge is -2.30. The van der Waals surface area contributed by atoms with Crippen LogP contribution in [-0.2, 0) is 15.0 Å². The van der Waals surface area contributed by atoms with Crippen LogP contribution < -0.4 is 0 Å². The molecule has 0 spiro atoms. The number of likely N-dealkylation sites (tertiary alicyclic amines) is 1. The molecular weight excluding hydrogens is 480 g/mol. The maximum absolute atomic E-state index is 13.8. The van der Waals surface area contributed by atoms with Gasteiger partial charge in [0.15, 0.2) is 17.9 Å². The van der Waals surface area contributed by atoms with Crippen molar-refractivity contribution in [3.8, 4) is 11.3 Å². The molecule has 38 heavy (non-hydrogen) atoms. The second kappa shape index (κ2) is 10.8. The van der Waals surface area contributed by atoms with E-state index in [4.69, 9.17) is 4.42 Å². The first-order chi connectivity index (χ1) is 17.9. The van der Waals surface area contributed by atoms with Crippen LogP contribution in [0.25, 0.3) is 11.3 Å². The minimum Gasteiger partial charge on any atom is -0.443 e. The van der Waals surface area contributed by atoms with E-state index in [-0.39, 0.29) is 48.3 Å². The van der Waals surface area contributed by atoms with E-state index in [2.05, 4.69) is 30.9 Å². The molecule has 3 heterocycles. The number of ketones is 1. The first-order valence-electron chi connectivity index (χ1n) is 13.4. The number of β-amino-alcohol motifs (C(OH)–C–C–N with tert-alkyl or cyclic N) is 1. The number of oxazole rings is 1. The van der Waals surface area contributed by atoms with E-state index in [1.165, 1.54) is 6.39 Å². The van der Waals surface area contributed by atoms with E-state index in [0.29, 0.717) is 0 Å². The van der Waals surface area contributed by atoms with E-state index in [1.807, 2.05) is 58.2 Å². The smallest absolute Gasteiger partial charge is 0.248 e. The highest BCUT2D eigenvalue weighted by Crippen LogP contribution is 2.31. The van der Waals surface area contributed by atoms with Crippen molar-refractivity contribution in [2.24, 2.45) is 5.92 Å². The third-order valence-corrected chi connectivity index (χ3v) is 7.57. The summed E-state index contributed by atoms with van der Waals surface area (Å²) in [6, 6.07) is 6.76. The Morgan fingerprint density at radius 3 is 2.39 bits per heavy atom. The fourth-order valence-corrected chi connectivity index (χ4v) is 5.21. The molecule has 1 aliphatic heterocycles. The van der Waals surface area contributed by atoms with Gasteiger partial charge < -0.3 is 14.4 Å². The number of aliphatic hydroxyl groups excluding tert-OH is 1. The van der Waals surface area contributed by atoms with Crippen molar-refractivity contribution in [2.75, 3.05) is 6.54 Å². The molecule has 0 radical (unpaired) electrons. The Labute approximate surface area is 225 Å². The van der Waals surface area contributed by atoms with Gasteiger partial charge in [0, 0.05) is 31.1 Å². The zero-order valence-electron chi connectivity index (χ0n) is 23.5. The molecule has 4 atom stereocenters. The molecule has 204 valence electrons. The summed E-state index contributed by atoms with van der Waals surface area (Å²) in [5.74, 6) is 0.465. The maximum Gasteiger partial charge on any atom is 0.248 e. The molecule has 1 amide bonds. The highest BCUT2D eigenvalue weighted by atomic mass is 16.3. The largest absolute Gasteiger partial charge is 0.443 e. The molecule has 8 heteroatoms. The summed E-state index contributed by atoms with van der Waals surface area (Å²) in [7, 11) is 0. The van der Waals surface area contributed by atoms with Crippen LogP contribution in [0.3, 0.4) is 0 Å². The van der Waals surface area contributed by atoms with Gasteiger partial charge in [0.25, 0.3) is 0 Å². The summed E-state index contributed by atoms with van der Waals surface area (Å²) in [4.78, 5) is 33.1. The average molecular weight is 521 g/mol. The summed E-state index contributed by atoms with van der Waals surface area (Å²) >= 11 is 0. The van der Waals surface area contributed by atoms with Gasteiger partial charge in [-0.25, -0.2) is 4.98 Å². The van der Waals surface area contributed by atoms with Gasteiger partial charge in [-0.3, -0.25) is 14.3 Å². The lowest BCUT2D eigenvalue weighted by atomic mass is 9.90. The van der Waals surface area contributed by atoms with Gasteiger partial charge in [-0.15, -0.1) is 0 Å². The number of benzene rings is 1. The predicted molar refractivity (Wildman–Crippen MR) is 146 cm³/mol. The number of hydrogen-bond acceptors (Lipinski definition) is 6. The SMILES string of the molecule is Cc1ncoc1-c1ccc(C(C)CC(=O)C2CC(O)CN2C(=O)C(C(C)C)n2cc(C(C)(C)C)cn2)cc1. The van der Waals surface area contributed by atoms with Crippen molar-refractivity contribution < 1.29 is 19.1 Å². The van der Waals surface area contributed by atoms with E-state index in [0.717, 1.165) is 28.1 Å². The summed E-state index contributed by atoms with van der Waals surface area (Å²) in [6.45, 7) is 14.4. The molecule has 3 aromatic rings. The monoisotopic (exact) mass is 520 g/mol. The van der Waals surface area contributed by atoms with Crippen molar-refractivity contribution >= 4 is 11.7 Å². The highest BCUT2D eigenvalue weighted by molar-refractivity contribution is 5.91. The number of hydrogen-bond donors (Lipinski definition) is 1. The van der Waals surface area contributed by atoms with Crippen LogP contribution in [0.2, 0.25) is 0 Å². The normalized spacial score (nSPS) is 19.7. The van der Waals surface area contributed by atoms with Crippen molar-refractivity contribution in [3.63, 3.8) is 0 Å². The van der Waals surface area contributed by atoms with Crippen molar-refractivity contribution in [2.45, 2.75) is 90.8 Å². The second-order valence-corrected chi connectivity index (χ2v) is 12.0. The van der Waals surface area contributed by atoms with Crippen LogP contribution in [0.1, 0.15) is 83.2 Å². The van der Waals surface area contributed by atoms with Gasteiger partial charge >= 0.3 is 0 Å². The van der Waals surface area contributed by atoms with Gasteiger partial charge in [0.05, 0.1) is 24.0 Å². The first kappa shape index (κ1) is 27.8. The quantitative estimate of drug-likeness (QED) is 0.445. The van der Waals surface area contributed by atoms with Crippen LogP contribution in [0.5, 0.6) is 0 Å². The minimum absolute atomic E-state index is 0.0316. The Hall–Kier alpha value is -3.26. The summed E-state index contributed by atoms with van der Waals surface area (Å²) < 4.78 is 7.20. The number of rotatable bonds is 8. The molecular formula is C30H40N4O4. The molecule has 2 aromatic heterocycles. The molecule has 1 saturated heterocycles. The van der Waals surface area contributed by atoms with E-state index in [1.54, 1.807) is 15.8 Å². The van der Waals surface area contributed by atoms with E-state index >= 15 is 0 Å². The van der Waals surface area contributed by atoms with Gasteiger partial charge in [0.2, 0.25) is 5.91 Å². The third-order valence-electron chi connectivity index (χ3n) is 7.57. The van der Waals surface area contributed by atoms with Gasteiger partial charge in [-0.2, -0.15) is 5.10 Å². The topological polar surface area (TPSA) is 101 Å². The van der Waals surface area contributed by atoms with Crippen LogP contribution in [-0.4, -0.2) is 55.2 Å². The lowest BCUT2D eigenvalue weighted by molar-refractivity contribution is -0.142. The van der Waals surface area contributed by atoms with Crippen LogP contribution in [0.15, 0.2) is 47.5 Å². The Kier molecular flexibility index (Phi) is 7.93. The summed E-state index contributed by atoms with van der Waals surface area (Å²) in [5.41, 5.74) is 3.75. The van der Waals surface area contributed by atoms with Gasteiger partial charge in [0.1, 0.15) is 6.04 Å². The Balaban J connectivity index is 1.49. The molecule has 4 unspecified atom stereocenters. The average Bonchev–Trinajstić information content (AvgIpc) is 3.58. The molecule has 4 rings (SSSR count). The summed E-state index contributed by atoms with van der Waals surface area (Å²) in [6.07, 6.45) is 4.99. The number of aromatic nitrogens is 3. The number of carbonyl (C=O) groups excluding carboxylic acids is 2. The minimum atomic E-state index is -0.719. The number of aliphatic hydroxyl groups is 1. The molecule has 0 bridgehead atoms. The second-order valence-electron chi connectivity index (χ2n) is 12.0. The van der Waals surface area contributed by atoms with Crippen LogP contribution in [0, 0.1) is 12.8 Å². The third kappa shape index (κ3) is 5.75. The van der Waals surface area contributed by atoms with Gasteiger partial charge in [-0.1, -0.05) is 65.8 Å². The highest BCUT2D eigenvalue weighted by Gasteiger charge is 2.42. The first-order valence-corrected chi connectivity index (χ1v) is 13.4. The predicted octanol–water partition coefficient (Wildman–Crippen LogP) is 5.07. The van der Waals surface area contributed by atoms with Crippen molar-refractivity contribution in [1.29, 1.82) is 0 Å². The number of amides is 1. The Morgan fingerprint density at radius 1 is 1.16 bits per heavy atom. The van der Waals surface area contributed by atoms with Crippen LogP contribution >= 0.6 is 0 Å². The van der Waals surface area contributed by atoms with E-state index < -0.39 is 18.2 Å². The van der Waals surface area contributed by atoms with Crippen molar-refractivity contribution in [3.05, 3.63) is 59.9 Å². The molecule has 1 N–H and O–H groups in total. The standard InChI is InChI=1S/C30H40N4O4/c1-18(2)27(34-15-23(14-32-34)30(5,6)7)29(37)33-16-24(35)13-25(33)26(36)12-19(3)21-8-10-22(11-9-21)28-20(4)31-17-38-28/h8-11,14-15,17-19,24-25,27,35H,12-13,16H2,1-7H3. The number of nitrogens with zero attached hydrogens (tertiary/aromatic N) is 4. The Bertz CT molecular complexity index is 1270. The molecule has 1 fully saturated rings. The van der Waals surface area contributed by atoms with E-state index in [9.17, 15) is 14.7 Å². The molecule has 1 aromatic carbocycles. The molecule has 8 nitrogen and oxygen atoms in total. The number of aryl methyl sites for hydroxylation is 1. The number of Topliss-reactive ketones (excluding diaryl/α,β-unsaturated/α-hetero) is 1. The molecule has 0 saturated carbocycles.